The predicted molar refractivity (Wildman–Crippen MR) is 66.6 cm³/mol. The van der Waals surface area contributed by atoms with Gasteiger partial charge in [0.1, 0.15) is 0 Å². The Labute approximate surface area is 98.2 Å². The van der Waals surface area contributed by atoms with Gasteiger partial charge < -0.3 is 0 Å². The SMILES string of the molecule is CC(C)C(C)C(CCc1ccnn1C)NN. The third kappa shape index (κ3) is 3.32. The van der Waals surface area contributed by atoms with Crippen LogP contribution in [0.5, 0.6) is 0 Å². The summed E-state index contributed by atoms with van der Waals surface area (Å²) >= 11 is 0. The van der Waals surface area contributed by atoms with Crippen LogP contribution in [0.1, 0.15) is 32.9 Å². The third-order valence-electron chi connectivity index (χ3n) is 3.53. The van der Waals surface area contributed by atoms with Crippen LogP contribution in [-0.2, 0) is 13.5 Å². The number of hydrogen-bond acceptors (Lipinski definition) is 3. The zero-order chi connectivity index (χ0) is 12.1. The molecule has 2 unspecified atom stereocenters. The van der Waals surface area contributed by atoms with E-state index < -0.39 is 0 Å². The van der Waals surface area contributed by atoms with E-state index in [1.54, 1.807) is 0 Å². The Morgan fingerprint density at radius 1 is 1.44 bits per heavy atom. The van der Waals surface area contributed by atoms with Crippen molar-refractivity contribution in [3.8, 4) is 0 Å². The molecule has 0 radical (unpaired) electrons. The van der Waals surface area contributed by atoms with Crippen molar-refractivity contribution in [2.45, 2.75) is 39.7 Å². The average Bonchev–Trinajstić information content (AvgIpc) is 2.65. The number of aryl methyl sites for hydroxylation is 2. The second-order valence-electron chi connectivity index (χ2n) is 4.86. The fourth-order valence-corrected chi connectivity index (χ4v) is 1.91. The maximum atomic E-state index is 5.62. The molecule has 0 aliphatic rings. The standard InChI is InChI=1S/C12H24N4/c1-9(2)10(3)12(15-13)6-5-11-7-8-14-16(11)4/h7-10,12,15H,5-6,13H2,1-4H3. The first kappa shape index (κ1) is 13.2. The molecule has 3 N–H and O–H groups in total. The molecule has 2 atom stereocenters. The first-order valence-electron chi connectivity index (χ1n) is 5.99. The minimum atomic E-state index is 0.370. The van der Waals surface area contributed by atoms with Crippen molar-refractivity contribution < 1.29 is 0 Å². The molecule has 0 aromatic carbocycles. The zero-order valence-electron chi connectivity index (χ0n) is 10.8. The summed E-state index contributed by atoms with van der Waals surface area (Å²) in [5.41, 5.74) is 4.20. The maximum absolute atomic E-state index is 5.62. The van der Waals surface area contributed by atoms with E-state index in [9.17, 15) is 0 Å². The van der Waals surface area contributed by atoms with Gasteiger partial charge in [0.15, 0.2) is 0 Å². The molecule has 1 rings (SSSR count). The van der Waals surface area contributed by atoms with Crippen LogP contribution >= 0.6 is 0 Å². The summed E-state index contributed by atoms with van der Waals surface area (Å²) in [4.78, 5) is 0. The third-order valence-corrected chi connectivity index (χ3v) is 3.53. The first-order valence-corrected chi connectivity index (χ1v) is 5.99. The van der Waals surface area contributed by atoms with Crippen molar-refractivity contribution in [1.29, 1.82) is 0 Å². The van der Waals surface area contributed by atoms with E-state index in [-0.39, 0.29) is 0 Å². The van der Waals surface area contributed by atoms with Gasteiger partial charge >= 0.3 is 0 Å². The Hall–Kier alpha value is -0.870. The molecule has 1 aromatic heterocycles. The van der Waals surface area contributed by atoms with Crippen LogP contribution in [0, 0.1) is 11.8 Å². The van der Waals surface area contributed by atoms with Crippen molar-refractivity contribution in [2.75, 3.05) is 0 Å². The summed E-state index contributed by atoms with van der Waals surface area (Å²) < 4.78 is 1.92. The van der Waals surface area contributed by atoms with Gasteiger partial charge in [-0.3, -0.25) is 16.0 Å². The van der Waals surface area contributed by atoms with Crippen LogP contribution in [-0.4, -0.2) is 15.8 Å². The quantitative estimate of drug-likeness (QED) is 0.568. The minimum Gasteiger partial charge on any atom is -0.273 e. The van der Waals surface area contributed by atoms with Crippen molar-refractivity contribution in [3.63, 3.8) is 0 Å². The molecule has 0 spiro atoms. The highest BCUT2D eigenvalue weighted by molar-refractivity contribution is 5.00. The van der Waals surface area contributed by atoms with E-state index >= 15 is 0 Å². The average molecular weight is 224 g/mol. The molecule has 92 valence electrons. The molecule has 0 amide bonds. The van der Waals surface area contributed by atoms with Gasteiger partial charge in [-0.1, -0.05) is 20.8 Å². The van der Waals surface area contributed by atoms with E-state index in [0.29, 0.717) is 17.9 Å². The minimum absolute atomic E-state index is 0.370. The van der Waals surface area contributed by atoms with Crippen molar-refractivity contribution >= 4 is 0 Å². The second-order valence-corrected chi connectivity index (χ2v) is 4.86. The molecule has 4 heteroatoms. The van der Waals surface area contributed by atoms with Crippen LogP contribution in [0.3, 0.4) is 0 Å². The van der Waals surface area contributed by atoms with E-state index in [4.69, 9.17) is 5.84 Å². The lowest BCUT2D eigenvalue weighted by Gasteiger charge is -2.26. The Morgan fingerprint density at radius 3 is 2.56 bits per heavy atom. The Bertz CT molecular complexity index is 306. The molecule has 0 saturated heterocycles. The van der Waals surface area contributed by atoms with E-state index in [1.807, 2.05) is 17.9 Å². The van der Waals surface area contributed by atoms with Gasteiger partial charge in [0.05, 0.1) is 0 Å². The number of nitrogens with two attached hydrogens (primary N) is 1. The van der Waals surface area contributed by atoms with Gasteiger partial charge in [-0.15, -0.1) is 0 Å². The molecule has 0 aliphatic carbocycles. The summed E-state index contributed by atoms with van der Waals surface area (Å²) in [6.07, 6.45) is 3.91. The highest BCUT2D eigenvalue weighted by Crippen LogP contribution is 2.18. The molecule has 4 nitrogen and oxygen atoms in total. The van der Waals surface area contributed by atoms with Gasteiger partial charge in [-0.05, 0) is 30.7 Å². The highest BCUT2D eigenvalue weighted by atomic mass is 15.3. The molecule has 0 saturated carbocycles. The molecule has 1 heterocycles. The Kier molecular flexibility index (Phi) is 4.96. The largest absolute Gasteiger partial charge is 0.273 e. The maximum Gasteiger partial charge on any atom is 0.0492 e. The molecule has 16 heavy (non-hydrogen) atoms. The van der Waals surface area contributed by atoms with E-state index in [1.165, 1.54) is 5.69 Å². The van der Waals surface area contributed by atoms with Gasteiger partial charge in [0.2, 0.25) is 0 Å². The lowest BCUT2D eigenvalue weighted by molar-refractivity contribution is 0.287. The number of hydrazine groups is 1. The van der Waals surface area contributed by atoms with Crippen molar-refractivity contribution in [2.24, 2.45) is 24.7 Å². The number of nitrogens with zero attached hydrogens (tertiary/aromatic N) is 2. The van der Waals surface area contributed by atoms with Crippen molar-refractivity contribution in [3.05, 3.63) is 18.0 Å². The smallest absolute Gasteiger partial charge is 0.0492 e. The van der Waals surface area contributed by atoms with Gasteiger partial charge in [0, 0.05) is 25.0 Å². The topological polar surface area (TPSA) is 55.9 Å². The number of nitrogens with one attached hydrogen (secondary N) is 1. The van der Waals surface area contributed by atoms with Gasteiger partial charge in [-0.2, -0.15) is 5.10 Å². The molecule has 0 fully saturated rings. The normalized spacial score (nSPS) is 15.4. The van der Waals surface area contributed by atoms with Gasteiger partial charge in [-0.25, -0.2) is 0 Å². The number of hydrogen-bond donors (Lipinski definition) is 2. The van der Waals surface area contributed by atoms with Crippen molar-refractivity contribution in [1.82, 2.24) is 15.2 Å². The Morgan fingerprint density at radius 2 is 2.12 bits per heavy atom. The summed E-state index contributed by atoms with van der Waals surface area (Å²) in [6.45, 7) is 6.72. The summed E-state index contributed by atoms with van der Waals surface area (Å²) in [5, 5.41) is 4.17. The molecular formula is C12H24N4. The van der Waals surface area contributed by atoms with Gasteiger partial charge in [0.25, 0.3) is 0 Å². The number of rotatable bonds is 6. The fraction of sp³-hybridized carbons (Fsp3) is 0.750. The summed E-state index contributed by atoms with van der Waals surface area (Å²) in [5.74, 6) is 6.84. The summed E-state index contributed by atoms with van der Waals surface area (Å²) in [7, 11) is 1.98. The fourth-order valence-electron chi connectivity index (χ4n) is 1.91. The van der Waals surface area contributed by atoms with Crippen LogP contribution in [0.2, 0.25) is 0 Å². The van der Waals surface area contributed by atoms with Crippen LogP contribution in [0.15, 0.2) is 12.3 Å². The Balaban J connectivity index is 2.49. The summed E-state index contributed by atoms with van der Waals surface area (Å²) in [6, 6.07) is 2.43. The lowest BCUT2D eigenvalue weighted by atomic mass is 9.88. The molecule has 1 aromatic rings. The van der Waals surface area contributed by atoms with E-state index in [2.05, 4.69) is 37.4 Å². The van der Waals surface area contributed by atoms with Crippen LogP contribution < -0.4 is 11.3 Å². The second kappa shape index (κ2) is 6.01. The number of aromatic nitrogens is 2. The van der Waals surface area contributed by atoms with Crippen LogP contribution in [0.25, 0.3) is 0 Å². The molecule has 0 aliphatic heterocycles. The molecule has 0 bridgehead atoms. The predicted octanol–water partition coefficient (Wildman–Crippen LogP) is 1.48. The zero-order valence-corrected chi connectivity index (χ0v) is 10.8. The lowest BCUT2D eigenvalue weighted by Crippen LogP contribution is -2.42. The first-order chi connectivity index (χ1) is 7.56. The van der Waals surface area contributed by atoms with E-state index in [0.717, 1.165) is 12.8 Å². The highest BCUT2D eigenvalue weighted by Gasteiger charge is 2.19. The molecular weight excluding hydrogens is 200 g/mol. The monoisotopic (exact) mass is 224 g/mol. The van der Waals surface area contributed by atoms with Crippen LogP contribution in [0.4, 0.5) is 0 Å².